The highest BCUT2D eigenvalue weighted by atomic mass is 35.5. The van der Waals surface area contributed by atoms with Gasteiger partial charge in [0, 0.05) is 41.7 Å². The minimum absolute atomic E-state index is 0. The Hall–Kier alpha value is -1.78. The molecule has 5 heteroatoms. The van der Waals surface area contributed by atoms with Crippen LogP contribution in [-0.4, -0.2) is 24.2 Å². The number of piperidine rings is 1. The van der Waals surface area contributed by atoms with Gasteiger partial charge in [-0.15, -0.1) is 12.4 Å². The fraction of sp³-hybridized carbons (Fsp3) is 0.389. The Kier molecular flexibility index (Phi) is 4.74. The Morgan fingerprint density at radius 2 is 1.96 bits per heavy atom. The van der Waals surface area contributed by atoms with Gasteiger partial charge in [0.2, 0.25) is 0 Å². The van der Waals surface area contributed by atoms with Gasteiger partial charge in [-0.05, 0) is 37.4 Å². The van der Waals surface area contributed by atoms with Crippen molar-refractivity contribution in [2.24, 2.45) is 11.8 Å². The number of ether oxygens (including phenoxy) is 1. The molecule has 122 valence electrons. The summed E-state index contributed by atoms with van der Waals surface area (Å²) in [5.41, 5.74) is 8.82. The number of para-hydroxylation sites is 1. The average Bonchev–Trinajstić information content (AvgIpc) is 2.82. The zero-order valence-corrected chi connectivity index (χ0v) is 13.8. The van der Waals surface area contributed by atoms with Gasteiger partial charge < -0.3 is 15.8 Å². The summed E-state index contributed by atoms with van der Waals surface area (Å²) >= 11 is 0. The SMILES string of the molecule is Cl.Nc1ccncc1-c1ccccc1O[C@H]1C[C@@H]2CNC[C@H]1C2. The summed E-state index contributed by atoms with van der Waals surface area (Å²) < 4.78 is 6.41. The number of nitrogens with zero attached hydrogens (tertiary/aromatic N) is 1. The van der Waals surface area contributed by atoms with E-state index in [1.165, 1.54) is 6.42 Å². The van der Waals surface area contributed by atoms with Crippen molar-refractivity contribution in [1.82, 2.24) is 10.3 Å². The van der Waals surface area contributed by atoms with Gasteiger partial charge in [0.25, 0.3) is 0 Å². The molecule has 2 heterocycles. The number of pyridine rings is 1. The zero-order chi connectivity index (χ0) is 14.9. The summed E-state index contributed by atoms with van der Waals surface area (Å²) in [5, 5.41) is 3.51. The molecule has 1 aliphatic carbocycles. The number of hydrogen-bond acceptors (Lipinski definition) is 4. The van der Waals surface area contributed by atoms with Crippen molar-refractivity contribution in [3.8, 4) is 16.9 Å². The topological polar surface area (TPSA) is 60.2 Å². The largest absolute Gasteiger partial charge is 0.489 e. The molecule has 2 aromatic rings. The van der Waals surface area contributed by atoms with Crippen molar-refractivity contribution >= 4 is 18.1 Å². The molecule has 2 fully saturated rings. The second-order valence-corrected chi connectivity index (χ2v) is 6.37. The van der Waals surface area contributed by atoms with Crippen LogP contribution in [0.2, 0.25) is 0 Å². The fourth-order valence-electron chi connectivity index (χ4n) is 3.78. The first-order chi connectivity index (χ1) is 10.8. The minimum Gasteiger partial charge on any atom is -0.489 e. The summed E-state index contributed by atoms with van der Waals surface area (Å²) in [6, 6.07) is 9.96. The molecule has 2 bridgehead atoms. The number of benzene rings is 1. The van der Waals surface area contributed by atoms with Crippen molar-refractivity contribution < 1.29 is 4.74 Å². The van der Waals surface area contributed by atoms with E-state index in [2.05, 4.69) is 16.4 Å². The van der Waals surface area contributed by atoms with Crippen molar-refractivity contribution in [2.75, 3.05) is 18.8 Å². The summed E-state index contributed by atoms with van der Waals surface area (Å²) in [7, 11) is 0. The Morgan fingerprint density at radius 3 is 2.78 bits per heavy atom. The van der Waals surface area contributed by atoms with Crippen molar-refractivity contribution in [3.63, 3.8) is 0 Å². The number of anilines is 1. The molecule has 2 aliphatic rings. The minimum atomic E-state index is 0. The molecule has 0 amide bonds. The van der Waals surface area contributed by atoms with E-state index in [-0.39, 0.29) is 12.4 Å². The molecule has 1 aromatic heterocycles. The van der Waals surface area contributed by atoms with Gasteiger partial charge in [0.05, 0.1) is 0 Å². The lowest BCUT2D eigenvalue weighted by atomic mass is 10.0. The van der Waals surface area contributed by atoms with Gasteiger partial charge in [0.1, 0.15) is 11.9 Å². The van der Waals surface area contributed by atoms with Crippen LogP contribution in [-0.2, 0) is 0 Å². The van der Waals surface area contributed by atoms with E-state index >= 15 is 0 Å². The van der Waals surface area contributed by atoms with E-state index in [0.717, 1.165) is 48.0 Å². The Balaban J connectivity index is 0.00000156. The maximum Gasteiger partial charge on any atom is 0.127 e. The first-order valence-electron chi connectivity index (χ1n) is 7.97. The van der Waals surface area contributed by atoms with E-state index < -0.39 is 0 Å². The van der Waals surface area contributed by atoms with Gasteiger partial charge in [-0.1, -0.05) is 18.2 Å². The molecule has 0 spiro atoms. The van der Waals surface area contributed by atoms with E-state index in [4.69, 9.17) is 10.5 Å². The molecule has 4 rings (SSSR count). The molecule has 1 aliphatic heterocycles. The third-order valence-electron chi connectivity index (χ3n) is 4.88. The van der Waals surface area contributed by atoms with E-state index in [1.54, 1.807) is 6.20 Å². The van der Waals surface area contributed by atoms with Crippen molar-refractivity contribution in [1.29, 1.82) is 0 Å². The highest BCUT2D eigenvalue weighted by Crippen LogP contribution is 2.39. The number of nitrogens with one attached hydrogen (secondary N) is 1. The van der Waals surface area contributed by atoms with Gasteiger partial charge in [-0.3, -0.25) is 4.98 Å². The molecule has 3 N–H and O–H groups in total. The normalized spacial score (nSPS) is 25.7. The molecule has 3 atom stereocenters. The lowest BCUT2D eigenvalue weighted by Crippen LogP contribution is -2.34. The Bertz CT molecular complexity index is 679. The lowest BCUT2D eigenvalue weighted by molar-refractivity contribution is 0.161. The van der Waals surface area contributed by atoms with E-state index in [9.17, 15) is 0 Å². The van der Waals surface area contributed by atoms with Crippen LogP contribution >= 0.6 is 12.4 Å². The third kappa shape index (κ3) is 3.14. The van der Waals surface area contributed by atoms with Crippen LogP contribution in [0.15, 0.2) is 42.7 Å². The lowest BCUT2D eigenvalue weighted by Gasteiger charge is -2.23. The monoisotopic (exact) mass is 331 g/mol. The van der Waals surface area contributed by atoms with Gasteiger partial charge in [-0.2, -0.15) is 0 Å². The molecule has 1 saturated carbocycles. The summed E-state index contributed by atoms with van der Waals surface area (Å²) in [4.78, 5) is 4.20. The maximum absolute atomic E-state index is 6.41. The van der Waals surface area contributed by atoms with Crippen molar-refractivity contribution in [3.05, 3.63) is 42.7 Å². The van der Waals surface area contributed by atoms with Crippen LogP contribution in [0.25, 0.3) is 11.1 Å². The standard InChI is InChI=1S/C18H21N3O.ClH/c19-16-5-6-20-11-15(16)14-3-1-2-4-17(14)22-18-8-12-7-13(18)10-21-9-12;/h1-6,11-13,18,21H,7-10H2,(H2,19,20);1H/t12-,13-,18+;/m1./s1. The molecule has 0 unspecified atom stereocenters. The fourth-order valence-corrected chi connectivity index (χ4v) is 3.78. The third-order valence-corrected chi connectivity index (χ3v) is 4.88. The Morgan fingerprint density at radius 1 is 1.09 bits per heavy atom. The van der Waals surface area contributed by atoms with Crippen LogP contribution in [0.1, 0.15) is 12.8 Å². The molecule has 1 aromatic carbocycles. The predicted molar refractivity (Wildman–Crippen MR) is 94.8 cm³/mol. The summed E-state index contributed by atoms with van der Waals surface area (Å²) in [6.45, 7) is 2.20. The average molecular weight is 332 g/mol. The summed E-state index contributed by atoms with van der Waals surface area (Å²) in [5.74, 6) is 2.30. The second-order valence-electron chi connectivity index (χ2n) is 6.37. The number of hydrogen-bond donors (Lipinski definition) is 2. The highest BCUT2D eigenvalue weighted by Gasteiger charge is 2.38. The van der Waals surface area contributed by atoms with Crippen LogP contribution < -0.4 is 15.8 Å². The van der Waals surface area contributed by atoms with Crippen LogP contribution in [0, 0.1) is 11.8 Å². The number of fused-ring (bicyclic) bond motifs is 2. The molecule has 1 saturated heterocycles. The first kappa shape index (κ1) is 16.1. The molecular formula is C18H22ClN3O. The number of aromatic nitrogens is 1. The number of rotatable bonds is 3. The van der Waals surface area contributed by atoms with Gasteiger partial charge >= 0.3 is 0 Å². The highest BCUT2D eigenvalue weighted by molar-refractivity contribution is 5.85. The smallest absolute Gasteiger partial charge is 0.127 e. The molecule has 23 heavy (non-hydrogen) atoms. The quantitative estimate of drug-likeness (QED) is 0.907. The second kappa shape index (κ2) is 6.77. The van der Waals surface area contributed by atoms with Gasteiger partial charge in [0.15, 0.2) is 0 Å². The Labute approximate surface area is 142 Å². The first-order valence-corrected chi connectivity index (χ1v) is 7.97. The van der Waals surface area contributed by atoms with Gasteiger partial charge in [-0.25, -0.2) is 0 Å². The molecule has 4 nitrogen and oxygen atoms in total. The maximum atomic E-state index is 6.41. The zero-order valence-electron chi connectivity index (χ0n) is 12.9. The van der Waals surface area contributed by atoms with E-state index in [0.29, 0.717) is 12.0 Å². The van der Waals surface area contributed by atoms with E-state index in [1.807, 2.05) is 30.5 Å². The van der Waals surface area contributed by atoms with Crippen molar-refractivity contribution in [2.45, 2.75) is 18.9 Å². The molecule has 0 radical (unpaired) electrons. The predicted octanol–water partition coefficient (Wildman–Crippen LogP) is 3.13. The van der Waals surface area contributed by atoms with Crippen LogP contribution in [0.5, 0.6) is 5.75 Å². The number of nitrogens with two attached hydrogens (primary N) is 1. The summed E-state index contributed by atoms with van der Waals surface area (Å²) in [6.07, 6.45) is 6.27. The number of halogens is 1. The van der Waals surface area contributed by atoms with Crippen LogP contribution in [0.3, 0.4) is 0 Å². The van der Waals surface area contributed by atoms with Crippen LogP contribution in [0.4, 0.5) is 5.69 Å². The molecular weight excluding hydrogens is 310 g/mol. The number of nitrogen functional groups attached to an aromatic ring is 1.